The first-order chi connectivity index (χ1) is 18.4. The number of nitrogens with zero attached hydrogens (tertiary/aromatic N) is 2. The van der Waals surface area contributed by atoms with Crippen molar-refractivity contribution in [1.29, 1.82) is 0 Å². The Kier molecular flexibility index (Phi) is 5.13. The van der Waals surface area contributed by atoms with Crippen LogP contribution in [0.3, 0.4) is 0 Å². The molecule has 38 heavy (non-hydrogen) atoms. The van der Waals surface area contributed by atoms with Crippen LogP contribution in [0, 0.1) is 5.92 Å². The predicted molar refractivity (Wildman–Crippen MR) is 156 cm³/mol. The largest absolute Gasteiger partial charge is 0.370 e. The number of carbonyl (C=O) groups excluding carboxylic acids is 2. The standard InChI is InChI=1S/C31H28N4O2S/c1-31(2)23-12-11-20(29(36)33-25-14-32-24-9-5-3-7-21(24)25)13-26(23)35(30(31)37)17-19-15-34(16-19)27-18-38-28-10-6-4-8-22(27)28/h3-14,18-19,32H,15-17H2,1-2H3,(H,33,36). The van der Waals surface area contributed by atoms with E-state index in [1.807, 2.05) is 67.4 Å². The average molecular weight is 521 g/mol. The van der Waals surface area contributed by atoms with Gasteiger partial charge in [-0.2, -0.15) is 0 Å². The van der Waals surface area contributed by atoms with Crippen LogP contribution in [0.25, 0.3) is 21.0 Å². The summed E-state index contributed by atoms with van der Waals surface area (Å²) in [5, 5.41) is 7.54. The molecule has 2 aliphatic heterocycles. The molecular weight excluding hydrogens is 492 g/mol. The van der Waals surface area contributed by atoms with Crippen LogP contribution >= 0.6 is 11.3 Å². The van der Waals surface area contributed by atoms with E-state index in [0.29, 0.717) is 18.0 Å². The third-order valence-corrected chi connectivity index (χ3v) is 8.99. The molecule has 2 N–H and O–H groups in total. The van der Waals surface area contributed by atoms with Crippen LogP contribution in [-0.2, 0) is 10.2 Å². The Morgan fingerprint density at radius 3 is 2.63 bits per heavy atom. The van der Waals surface area contributed by atoms with Crippen molar-refractivity contribution in [3.8, 4) is 0 Å². The smallest absolute Gasteiger partial charge is 0.255 e. The molecule has 190 valence electrons. The van der Waals surface area contributed by atoms with E-state index in [-0.39, 0.29) is 11.8 Å². The first-order valence-corrected chi connectivity index (χ1v) is 13.8. The third-order valence-electron chi connectivity index (χ3n) is 8.04. The summed E-state index contributed by atoms with van der Waals surface area (Å²) in [6.07, 6.45) is 1.81. The van der Waals surface area contributed by atoms with Gasteiger partial charge in [0.2, 0.25) is 5.91 Å². The number of anilines is 3. The van der Waals surface area contributed by atoms with Crippen molar-refractivity contribution >= 4 is 61.2 Å². The molecule has 2 aliphatic rings. The molecule has 7 heteroatoms. The molecule has 1 fully saturated rings. The second kappa shape index (κ2) is 8.46. The number of aromatic amines is 1. The number of H-pyrrole nitrogens is 1. The number of para-hydroxylation sites is 1. The van der Waals surface area contributed by atoms with E-state index in [4.69, 9.17) is 0 Å². The van der Waals surface area contributed by atoms with Gasteiger partial charge in [0.25, 0.3) is 5.91 Å². The maximum atomic E-state index is 13.5. The lowest BCUT2D eigenvalue weighted by molar-refractivity contribution is -0.122. The van der Waals surface area contributed by atoms with Crippen LogP contribution in [0.15, 0.2) is 78.3 Å². The predicted octanol–water partition coefficient (Wildman–Crippen LogP) is 6.40. The zero-order valence-electron chi connectivity index (χ0n) is 21.3. The van der Waals surface area contributed by atoms with Crippen LogP contribution in [0.1, 0.15) is 29.8 Å². The molecule has 0 spiro atoms. The molecule has 0 bridgehead atoms. The molecule has 2 aromatic heterocycles. The van der Waals surface area contributed by atoms with Crippen molar-refractivity contribution in [1.82, 2.24) is 4.98 Å². The summed E-state index contributed by atoms with van der Waals surface area (Å²) in [6, 6.07) is 22.0. The zero-order chi connectivity index (χ0) is 26.0. The fourth-order valence-corrected chi connectivity index (χ4v) is 6.86. The van der Waals surface area contributed by atoms with Gasteiger partial charge in [-0.25, -0.2) is 0 Å². The summed E-state index contributed by atoms with van der Waals surface area (Å²) in [5.74, 6) is 0.290. The average Bonchev–Trinajstić information content (AvgIpc) is 3.56. The Morgan fingerprint density at radius 2 is 1.79 bits per heavy atom. The van der Waals surface area contributed by atoms with Gasteiger partial charge in [0.1, 0.15) is 0 Å². The maximum absolute atomic E-state index is 13.5. The number of carbonyl (C=O) groups is 2. The highest BCUT2D eigenvalue weighted by atomic mass is 32.1. The lowest BCUT2D eigenvalue weighted by Crippen LogP contribution is -2.53. The topological polar surface area (TPSA) is 68.4 Å². The van der Waals surface area contributed by atoms with Crippen molar-refractivity contribution < 1.29 is 9.59 Å². The highest BCUT2D eigenvalue weighted by molar-refractivity contribution is 7.17. The lowest BCUT2D eigenvalue weighted by atomic mass is 9.86. The Labute approximate surface area is 224 Å². The second-order valence-corrected chi connectivity index (χ2v) is 11.8. The zero-order valence-corrected chi connectivity index (χ0v) is 22.1. The van der Waals surface area contributed by atoms with E-state index in [1.165, 1.54) is 15.8 Å². The van der Waals surface area contributed by atoms with Gasteiger partial charge in [0, 0.05) is 69.4 Å². The quantitative estimate of drug-likeness (QED) is 0.282. The molecule has 4 heterocycles. The number of aromatic nitrogens is 1. The number of thiophene rings is 1. The summed E-state index contributed by atoms with van der Waals surface area (Å²) in [4.78, 5) is 34.3. The van der Waals surface area contributed by atoms with Gasteiger partial charge in [-0.1, -0.05) is 42.5 Å². The van der Waals surface area contributed by atoms with E-state index in [0.717, 1.165) is 40.9 Å². The van der Waals surface area contributed by atoms with Gasteiger partial charge in [-0.3, -0.25) is 9.59 Å². The molecule has 7 rings (SSSR count). The molecule has 0 unspecified atom stereocenters. The van der Waals surface area contributed by atoms with Crippen LogP contribution in [0.5, 0.6) is 0 Å². The van der Waals surface area contributed by atoms with Gasteiger partial charge < -0.3 is 20.1 Å². The van der Waals surface area contributed by atoms with Crippen molar-refractivity contribution in [3.63, 3.8) is 0 Å². The Morgan fingerprint density at radius 1 is 1.03 bits per heavy atom. The molecular formula is C31H28N4O2S. The number of hydrogen-bond donors (Lipinski definition) is 2. The van der Waals surface area contributed by atoms with Gasteiger partial charge in [0.15, 0.2) is 0 Å². The molecule has 1 saturated heterocycles. The van der Waals surface area contributed by atoms with Crippen molar-refractivity contribution in [2.75, 3.05) is 34.8 Å². The van der Waals surface area contributed by atoms with Gasteiger partial charge >= 0.3 is 0 Å². The summed E-state index contributed by atoms with van der Waals surface area (Å²) in [6.45, 7) is 6.44. The van der Waals surface area contributed by atoms with Crippen LogP contribution in [0.4, 0.5) is 17.1 Å². The van der Waals surface area contributed by atoms with E-state index >= 15 is 0 Å². The number of fused-ring (bicyclic) bond motifs is 3. The SMILES string of the molecule is CC1(C)C(=O)N(CC2CN(c3csc4ccccc34)C2)c2cc(C(=O)Nc3c[nH]c4ccccc34)ccc21. The van der Waals surface area contributed by atoms with Crippen LogP contribution in [0.2, 0.25) is 0 Å². The molecule has 5 aromatic rings. The molecule has 0 saturated carbocycles. The summed E-state index contributed by atoms with van der Waals surface area (Å²) < 4.78 is 1.30. The van der Waals surface area contributed by atoms with E-state index in [1.54, 1.807) is 11.3 Å². The van der Waals surface area contributed by atoms with Crippen molar-refractivity contribution in [3.05, 3.63) is 89.4 Å². The van der Waals surface area contributed by atoms with Crippen molar-refractivity contribution in [2.45, 2.75) is 19.3 Å². The monoisotopic (exact) mass is 520 g/mol. The number of hydrogen-bond acceptors (Lipinski definition) is 4. The highest BCUT2D eigenvalue weighted by Crippen LogP contribution is 2.44. The fraction of sp³-hybridized carbons (Fsp3) is 0.226. The van der Waals surface area contributed by atoms with E-state index in [2.05, 4.69) is 44.8 Å². The second-order valence-electron chi connectivity index (χ2n) is 10.9. The third kappa shape index (κ3) is 3.53. The number of rotatable bonds is 5. The van der Waals surface area contributed by atoms with Gasteiger partial charge in [0.05, 0.1) is 16.8 Å². The van der Waals surface area contributed by atoms with E-state index < -0.39 is 5.41 Å². The molecule has 6 nitrogen and oxygen atoms in total. The Bertz CT molecular complexity index is 1730. The van der Waals surface area contributed by atoms with Crippen LogP contribution < -0.4 is 15.1 Å². The Balaban J connectivity index is 1.11. The minimum absolute atomic E-state index is 0.0983. The summed E-state index contributed by atoms with van der Waals surface area (Å²) in [5.41, 5.74) is 4.76. The number of nitrogens with one attached hydrogen (secondary N) is 2. The molecule has 3 aromatic carbocycles. The maximum Gasteiger partial charge on any atom is 0.255 e. The van der Waals surface area contributed by atoms with Crippen molar-refractivity contribution in [2.24, 2.45) is 5.92 Å². The minimum Gasteiger partial charge on any atom is -0.370 e. The first kappa shape index (κ1) is 23.0. The summed E-state index contributed by atoms with van der Waals surface area (Å²) in [7, 11) is 0. The minimum atomic E-state index is -0.617. The molecule has 0 radical (unpaired) electrons. The number of amides is 2. The first-order valence-electron chi connectivity index (χ1n) is 13.0. The highest BCUT2D eigenvalue weighted by Gasteiger charge is 2.45. The number of benzene rings is 3. The Hall–Kier alpha value is -4.10. The molecule has 0 atom stereocenters. The van der Waals surface area contributed by atoms with Gasteiger partial charge in [-0.05, 0) is 43.7 Å². The van der Waals surface area contributed by atoms with Gasteiger partial charge in [-0.15, -0.1) is 11.3 Å². The molecule has 2 amide bonds. The van der Waals surface area contributed by atoms with Crippen LogP contribution in [-0.4, -0.2) is 36.4 Å². The van der Waals surface area contributed by atoms with E-state index in [9.17, 15) is 9.59 Å². The lowest BCUT2D eigenvalue weighted by Gasteiger charge is -2.42. The normalized spacial score (nSPS) is 16.7. The summed E-state index contributed by atoms with van der Waals surface area (Å²) >= 11 is 1.78. The fourth-order valence-electron chi connectivity index (χ4n) is 5.89. The molecule has 0 aliphatic carbocycles.